The Bertz CT molecular complexity index is 1370. The molecule has 3 aromatic carbocycles. The van der Waals surface area contributed by atoms with Crippen LogP contribution in [0.2, 0.25) is 18.1 Å². The number of benzene rings is 3. The summed E-state index contributed by atoms with van der Waals surface area (Å²) in [5.74, 6) is -2.25. The molecular weight excluding hydrogens is 568 g/mol. The number of hydrogen-bond donors (Lipinski definition) is 1. The third-order valence-electron chi connectivity index (χ3n) is 7.78. The summed E-state index contributed by atoms with van der Waals surface area (Å²) < 4.78 is 29.8. The SMILES string of the molecule is CC(C)(C)[Si](C)(C)OC[C@H]1OC(O)[C@H](OC(=O)c2ccccc2)[C@@H](OC(=O)c2ccccc2)[C@@H]1OC(=O)c1ccccc1. The van der Waals surface area contributed by atoms with Gasteiger partial charge in [-0.2, -0.15) is 0 Å². The fourth-order valence-electron chi connectivity index (χ4n) is 4.24. The van der Waals surface area contributed by atoms with Gasteiger partial charge >= 0.3 is 17.9 Å². The van der Waals surface area contributed by atoms with Crippen LogP contribution in [0.25, 0.3) is 0 Å². The maximum Gasteiger partial charge on any atom is 0.338 e. The molecule has 0 amide bonds. The van der Waals surface area contributed by atoms with E-state index in [9.17, 15) is 19.5 Å². The Morgan fingerprint density at radius 3 is 1.44 bits per heavy atom. The second-order valence-electron chi connectivity index (χ2n) is 11.8. The minimum absolute atomic E-state index is 0.0704. The van der Waals surface area contributed by atoms with Crippen molar-refractivity contribution in [1.29, 1.82) is 0 Å². The molecule has 0 bridgehead atoms. The Balaban J connectivity index is 1.71. The molecule has 0 aromatic heterocycles. The first-order valence-electron chi connectivity index (χ1n) is 14.1. The third-order valence-corrected chi connectivity index (χ3v) is 12.3. The van der Waals surface area contributed by atoms with Gasteiger partial charge in [0.05, 0.1) is 23.3 Å². The molecule has 1 saturated heterocycles. The smallest absolute Gasteiger partial charge is 0.338 e. The fourth-order valence-corrected chi connectivity index (χ4v) is 5.25. The predicted octanol–water partition coefficient (Wildman–Crippen LogP) is 5.40. The quantitative estimate of drug-likeness (QED) is 0.194. The van der Waals surface area contributed by atoms with Crippen molar-refractivity contribution < 1.29 is 42.9 Å². The zero-order valence-electron chi connectivity index (χ0n) is 25.0. The first kappa shape index (κ1) is 32.1. The summed E-state index contributed by atoms with van der Waals surface area (Å²) >= 11 is 0. The van der Waals surface area contributed by atoms with E-state index in [4.69, 9.17) is 23.4 Å². The number of hydrogen-bond acceptors (Lipinski definition) is 9. The Morgan fingerprint density at radius 1 is 0.674 bits per heavy atom. The zero-order valence-corrected chi connectivity index (χ0v) is 26.0. The van der Waals surface area contributed by atoms with Crippen molar-refractivity contribution in [3.63, 3.8) is 0 Å². The first-order chi connectivity index (χ1) is 20.4. The lowest BCUT2D eigenvalue weighted by Crippen LogP contribution is -2.63. The van der Waals surface area contributed by atoms with E-state index in [1.807, 2.05) is 0 Å². The van der Waals surface area contributed by atoms with Gasteiger partial charge in [-0.15, -0.1) is 0 Å². The van der Waals surface area contributed by atoms with Crippen molar-refractivity contribution >= 4 is 26.2 Å². The summed E-state index contributed by atoms with van der Waals surface area (Å²) in [6, 6.07) is 24.7. The highest BCUT2D eigenvalue weighted by Crippen LogP contribution is 2.38. The molecule has 10 heteroatoms. The van der Waals surface area contributed by atoms with Gasteiger partial charge in [0.15, 0.2) is 32.9 Å². The van der Waals surface area contributed by atoms with E-state index < -0.39 is 56.9 Å². The molecule has 1 unspecified atom stereocenters. The van der Waals surface area contributed by atoms with E-state index in [0.717, 1.165) is 0 Å². The summed E-state index contributed by atoms with van der Waals surface area (Å²) in [5, 5.41) is 11.0. The number of aliphatic hydroxyl groups excluding tert-OH is 1. The number of rotatable bonds is 9. The highest BCUT2D eigenvalue weighted by Gasteiger charge is 2.53. The Kier molecular flexibility index (Phi) is 10.2. The molecular formula is C33H38O9Si. The van der Waals surface area contributed by atoms with E-state index in [0.29, 0.717) is 0 Å². The summed E-state index contributed by atoms with van der Waals surface area (Å²) in [4.78, 5) is 39.8. The molecule has 228 valence electrons. The Labute approximate surface area is 252 Å². The van der Waals surface area contributed by atoms with Gasteiger partial charge in [0, 0.05) is 0 Å². The van der Waals surface area contributed by atoms with Crippen LogP contribution in [0.5, 0.6) is 0 Å². The molecule has 1 aliphatic rings. The van der Waals surface area contributed by atoms with Crippen LogP contribution >= 0.6 is 0 Å². The predicted molar refractivity (Wildman–Crippen MR) is 161 cm³/mol. The summed E-state index contributed by atoms with van der Waals surface area (Å²) in [5.41, 5.74) is 0.687. The van der Waals surface area contributed by atoms with Crippen molar-refractivity contribution in [2.45, 2.75) is 69.6 Å². The Morgan fingerprint density at radius 2 is 1.05 bits per heavy atom. The number of carbonyl (C=O) groups excluding carboxylic acids is 3. The zero-order chi connectivity index (χ0) is 31.2. The highest BCUT2D eigenvalue weighted by molar-refractivity contribution is 6.74. The molecule has 5 atom stereocenters. The third kappa shape index (κ3) is 7.97. The van der Waals surface area contributed by atoms with Crippen LogP contribution in [-0.4, -0.2) is 68.6 Å². The minimum Gasteiger partial charge on any atom is -0.452 e. The molecule has 1 fully saturated rings. The van der Waals surface area contributed by atoms with Gasteiger partial charge in [-0.1, -0.05) is 75.4 Å². The van der Waals surface area contributed by atoms with Crippen LogP contribution in [-0.2, 0) is 23.4 Å². The number of esters is 3. The number of ether oxygens (including phenoxy) is 4. The standard InChI is InChI=1S/C33H38O9Si/c1-33(2,3)43(4,5)38-21-25-26(40-29(34)22-15-9-6-10-16-22)27(41-30(35)23-17-11-7-12-18-23)28(32(37)39-25)42-31(36)24-19-13-8-14-20-24/h6-20,25-28,32,37H,21H2,1-5H3/t25-,26-,27+,28-,32?/m1/s1. The highest BCUT2D eigenvalue weighted by atomic mass is 28.4. The molecule has 1 heterocycles. The minimum atomic E-state index is -2.33. The number of carbonyl (C=O) groups is 3. The van der Waals surface area contributed by atoms with Crippen LogP contribution in [0, 0.1) is 0 Å². The van der Waals surface area contributed by atoms with E-state index in [1.54, 1.807) is 91.0 Å². The second kappa shape index (κ2) is 13.6. The van der Waals surface area contributed by atoms with Crippen LogP contribution < -0.4 is 0 Å². The van der Waals surface area contributed by atoms with Gasteiger partial charge in [0.25, 0.3) is 0 Å². The molecule has 0 saturated carbocycles. The van der Waals surface area contributed by atoms with Crippen LogP contribution in [0.4, 0.5) is 0 Å². The molecule has 1 aliphatic heterocycles. The molecule has 0 radical (unpaired) electrons. The number of aliphatic hydroxyl groups is 1. The van der Waals surface area contributed by atoms with Gasteiger partial charge in [0.2, 0.25) is 0 Å². The molecule has 9 nitrogen and oxygen atoms in total. The fraction of sp³-hybridized carbons (Fsp3) is 0.364. The molecule has 3 aromatic rings. The van der Waals surface area contributed by atoms with E-state index in [2.05, 4.69) is 33.9 Å². The molecule has 0 spiro atoms. The van der Waals surface area contributed by atoms with Gasteiger partial charge in [-0.3, -0.25) is 0 Å². The summed E-state index contributed by atoms with van der Waals surface area (Å²) in [7, 11) is -2.33. The van der Waals surface area contributed by atoms with Gasteiger partial charge < -0.3 is 28.5 Å². The van der Waals surface area contributed by atoms with E-state index >= 15 is 0 Å². The average molecular weight is 607 g/mol. The molecule has 1 N–H and O–H groups in total. The molecule has 43 heavy (non-hydrogen) atoms. The Hall–Kier alpha value is -3.83. The normalized spacial score (nSPS) is 22.3. The largest absolute Gasteiger partial charge is 0.452 e. The van der Waals surface area contributed by atoms with Gasteiger partial charge in [-0.25, -0.2) is 14.4 Å². The maximum absolute atomic E-state index is 13.3. The van der Waals surface area contributed by atoms with Gasteiger partial charge in [0.1, 0.15) is 6.10 Å². The van der Waals surface area contributed by atoms with Crippen molar-refractivity contribution in [1.82, 2.24) is 0 Å². The van der Waals surface area contributed by atoms with Crippen LogP contribution in [0.15, 0.2) is 91.0 Å². The van der Waals surface area contributed by atoms with Crippen molar-refractivity contribution in [2.75, 3.05) is 6.61 Å². The summed E-state index contributed by atoms with van der Waals surface area (Å²) in [6.45, 7) is 10.3. The molecule has 0 aliphatic carbocycles. The lowest BCUT2D eigenvalue weighted by atomic mass is 9.98. The van der Waals surface area contributed by atoms with Crippen LogP contribution in [0.3, 0.4) is 0 Å². The lowest BCUT2D eigenvalue weighted by molar-refractivity contribution is -0.283. The first-order valence-corrected chi connectivity index (χ1v) is 17.0. The van der Waals surface area contributed by atoms with Gasteiger partial charge in [-0.05, 0) is 54.5 Å². The average Bonchev–Trinajstić information content (AvgIpc) is 2.99. The lowest BCUT2D eigenvalue weighted by Gasteiger charge is -2.44. The van der Waals surface area contributed by atoms with E-state index in [-0.39, 0.29) is 28.3 Å². The topological polar surface area (TPSA) is 118 Å². The van der Waals surface area contributed by atoms with E-state index in [1.165, 1.54) is 0 Å². The maximum atomic E-state index is 13.3. The van der Waals surface area contributed by atoms with Crippen molar-refractivity contribution in [2.24, 2.45) is 0 Å². The van der Waals surface area contributed by atoms with Crippen molar-refractivity contribution in [3.8, 4) is 0 Å². The summed E-state index contributed by atoms with van der Waals surface area (Å²) in [6.07, 6.45) is -7.05. The van der Waals surface area contributed by atoms with Crippen LogP contribution in [0.1, 0.15) is 51.8 Å². The second-order valence-corrected chi connectivity index (χ2v) is 16.7. The monoisotopic (exact) mass is 606 g/mol. The molecule has 4 rings (SSSR count). The van der Waals surface area contributed by atoms with Crippen molar-refractivity contribution in [3.05, 3.63) is 108 Å².